The summed E-state index contributed by atoms with van der Waals surface area (Å²) in [6.45, 7) is 6.73. The highest BCUT2D eigenvalue weighted by molar-refractivity contribution is 5.72. The van der Waals surface area contributed by atoms with Crippen LogP contribution in [0.15, 0.2) is 0 Å². The van der Waals surface area contributed by atoms with E-state index in [1.807, 2.05) is 0 Å². The molecule has 3 N–H and O–H groups in total. The van der Waals surface area contributed by atoms with Crippen LogP contribution in [-0.4, -0.2) is 32.4 Å². The number of alkyl carbamates (subject to hydrolysis) is 1. The second-order valence-electron chi connectivity index (χ2n) is 6.73. The lowest BCUT2D eigenvalue weighted by molar-refractivity contribution is -0.153. The molecular weight excluding hydrogens is 260 g/mol. The van der Waals surface area contributed by atoms with E-state index in [0.29, 0.717) is 13.0 Å². The molecule has 0 spiro atoms. The fourth-order valence-corrected chi connectivity index (χ4v) is 3.49. The molecule has 6 heteroatoms. The van der Waals surface area contributed by atoms with Crippen molar-refractivity contribution in [3.8, 4) is 0 Å². The Morgan fingerprint density at radius 1 is 1.30 bits per heavy atom. The van der Waals surface area contributed by atoms with Crippen molar-refractivity contribution >= 4 is 12.1 Å². The molecule has 2 atom stereocenters. The molecule has 0 aliphatic heterocycles. The predicted octanol–water partition coefficient (Wildman–Crippen LogP) is 1.63. The summed E-state index contributed by atoms with van der Waals surface area (Å²) >= 11 is 0. The van der Waals surface area contributed by atoms with Crippen LogP contribution in [-0.2, 0) is 14.3 Å². The van der Waals surface area contributed by atoms with E-state index >= 15 is 0 Å². The lowest BCUT2D eigenvalue weighted by Crippen LogP contribution is -2.45. The second-order valence-corrected chi connectivity index (χ2v) is 6.73. The number of methoxy groups -OCH3 is 1. The maximum absolute atomic E-state index is 12.0. The molecule has 2 unspecified atom stereocenters. The van der Waals surface area contributed by atoms with Crippen molar-refractivity contribution in [1.29, 1.82) is 0 Å². The monoisotopic (exact) mass is 286 g/mol. The molecule has 0 aromatic rings. The maximum atomic E-state index is 12.0. The molecule has 1 aliphatic rings. The van der Waals surface area contributed by atoms with Crippen LogP contribution in [0.3, 0.4) is 0 Å². The highest BCUT2D eigenvalue weighted by atomic mass is 16.5. The van der Waals surface area contributed by atoms with Crippen molar-refractivity contribution in [2.45, 2.75) is 40.0 Å². The Morgan fingerprint density at radius 2 is 1.95 bits per heavy atom. The van der Waals surface area contributed by atoms with Gasteiger partial charge in [0, 0.05) is 6.54 Å². The first-order valence-corrected chi connectivity index (χ1v) is 6.90. The van der Waals surface area contributed by atoms with Crippen LogP contribution >= 0.6 is 0 Å². The minimum Gasteiger partial charge on any atom is -0.453 e. The van der Waals surface area contributed by atoms with Gasteiger partial charge in [0.25, 0.3) is 0 Å². The summed E-state index contributed by atoms with van der Waals surface area (Å²) in [5, 5.41) is 2.73. The third-order valence-corrected chi connectivity index (χ3v) is 3.85. The quantitative estimate of drug-likeness (QED) is 0.605. The van der Waals surface area contributed by atoms with E-state index in [0.717, 1.165) is 12.8 Å². The number of hydrogen-bond acceptors (Lipinski definition) is 5. The van der Waals surface area contributed by atoms with E-state index in [1.165, 1.54) is 7.11 Å². The first kappa shape index (κ1) is 16.8. The van der Waals surface area contributed by atoms with Gasteiger partial charge in [0.1, 0.15) is 6.73 Å². The van der Waals surface area contributed by atoms with Gasteiger partial charge in [-0.25, -0.2) is 4.79 Å². The van der Waals surface area contributed by atoms with Crippen LogP contribution in [0.4, 0.5) is 4.79 Å². The van der Waals surface area contributed by atoms with E-state index in [1.54, 1.807) is 0 Å². The zero-order chi connectivity index (χ0) is 15.4. The van der Waals surface area contributed by atoms with Crippen LogP contribution < -0.4 is 11.1 Å². The van der Waals surface area contributed by atoms with Gasteiger partial charge in [-0.05, 0) is 30.1 Å². The van der Waals surface area contributed by atoms with Crippen molar-refractivity contribution < 1.29 is 19.1 Å². The number of amides is 1. The summed E-state index contributed by atoms with van der Waals surface area (Å²) in [6, 6.07) is 0. The van der Waals surface area contributed by atoms with Crippen molar-refractivity contribution in [2.24, 2.45) is 22.5 Å². The minimum absolute atomic E-state index is 0.0169. The van der Waals surface area contributed by atoms with Gasteiger partial charge < -0.3 is 14.8 Å². The van der Waals surface area contributed by atoms with Crippen LogP contribution in [0, 0.1) is 16.7 Å². The number of esters is 1. The van der Waals surface area contributed by atoms with E-state index in [4.69, 9.17) is 10.5 Å². The molecule has 116 valence electrons. The van der Waals surface area contributed by atoms with Crippen LogP contribution in [0.1, 0.15) is 40.0 Å². The average molecular weight is 286 g/mol. The summed E-state index contributed by atoms with van der Waals surface area (Å²) in [7, 11) is 1.34. The highest BCUT2D eigenvalue weighted by Gasteiger charge is 2.44. The van der Waals surface area contributed by atoms with Gasteiger partial charge in [-0.15, -0.1) is 0 Å². The molecule has 0 saturated heterocycles. The third kappa shape index (κ3) is 4.67. The summed E-state index contributed by atoms with van der Waals surface area (Å²) < 4.78 is 9.53. The largest absolute Gasteiger partial charge is 0.453 e. The van der Waals surface area contributed by atoms with Gasteiger partial charge in [0.15, 0.2) is 0 Å². The van der Waals surface area contributed by atoms with Gasteiger partial charge in [-0.1, -0.05) is 20.8 Å². The van der Waals surface area contributed by atoms with E-state index in [9.17, 15) is 9.59 Å². The normalized spacial score (nSPS) is 28.6. The Hall–Kier alpha value is -1.30. The Bertz CT molecular complexity index is 370. The van der Waals surface area contributed by atoms with Crippen molar-refractivity contribution in [1.82, 2.24) is 5.32 Å². The highest BCUT2D eigenvalue weighted by Crippen LogP contribution is 2.48. The smallest absolute Gasteiger partial charge is 0.406 e. The van der Waals surface area contributed by atoms with E-state index < -0.39 is 6.09 Å². The summed E-state index contributed by atoms with van der Waals surface area (Å²) in [4.78, 5) is 23.2. The molecular formula is C14H26N2O4. The van der Waals surface area contributed by atoms with Crippen molar-refractivity contribution in [2.75, 3.05) is 20.4 Å². The molecule has 0 bridgehead atoms. The number of hydrogen-bond donors (Lipinski definition) is 2. The minimum atomic E-state index is -0.448. The van der Waals surface area contributed by atoms with Crippen LogP contribution in [0.25, 0.3) is 0 Å². The summed E-state index contributed by atoms with van der Waals surface area (Å²) in [5.41, 5.74) is 5.13. The standard InChI is InChI=1S/C14H26N2O4/c1-13(2)5-10(11(17)20-9-15)6-14(3,7-13)8-16-12(18)19-4/h10H,5-9,15H2,1-4H3,(H,16,18). The summed E-state index contributed by atoms with van der Waals surface area (Å²) in [5.74, 6) is -0.420. The molecule has 0 heterocycles. The van der Waals surface area contributed by atoms with Gasteiger partial charge in [0.2, 0.25) is 0 Å². The van der Waals surface area contributed by atoms with Gasteiger partial charge in [0.05, 0.1) is 13.0 Å². The molecule has 0 aromatic carbocycles. The number of carbonyl (C=O) groups is 2. The van der Waals surface area contributed by atoms with Crippen LogP contribution in [0.5, 0.6) is 0 Å². The molecule has 1 amide bonds. The molecule has 1 fully saturated rings. The molecule has 1 saturated carbocycles. The van der Waals surface area contributed by atoms with Gasteiger partial charge in [-0.3, -0.25) is 10.5 Å². The molecule has 0 radical (unpaired) electrons. The SMILES string of the molecule is COC(=O)NCC1(C)CC(C(=O)OCN)CC(C)(C)C1. The van der Waals surface area contributed by atoms with Crippen molar-refractivity contribution in [3.63, 3.8) is 0 Å². The van der Waals surface area contributed by atoms with Gasteiger partial charge in [-0.2, -0.15) is 0 Å². The molecule has 20 heavy (non-hydrogen) atoms. The van der Waals surface area contributed by atoms with Crippen LogP contribution in [0.2, 0.25) is 0 Å². The molecule has 1 aliphatic carbocycles. The molecule has 1 rings (SSSR count). The first-order chi connectivity index (χ1) is 9.21. The Kier molecular flexibility index (Phi) is 5.39. The maximum Gasteiger partial charge on any atom is 0.406 e. The Balaban J connectivity index is 2.75. The van der Waals surface area contributed by atoms with E-state index in [-0.39, 0.29) is 29.4 Å². The van der Waals surface area contributed by atoms with Crippen molar-refractivity contribution in [3.05, 3.63) is 0 Å². The lowest BCUT2D eigenvalue weighted by Gasteiger charge is -2.45. The zero-order valence-electron chi connectivity index (χ0n) is 12.8. The number of nitrogens with one attached hydrogen (secondary N) is 1. The lowest BCUT2D eigenvalue weighted by atomic mass is 9.60. The summed E-state index contributed by atoms with van der Waals surface area (Å²) in [6.07, 6.45) is 1.94. The fraction of sp³-hybridized carbons (Fsp3) is 0.857. The predicted molar refractivity (Wildman–Crippen MR) is 74.8 cm³/mol. The average Bonchev–Trinajstić information content (AvgIpc) is 2.34. The van der Waals surface area contributed by atoms with Gasteiger partial charge >= 0.3 is 12.1 Å². The molecule has 6 nitrogen and oxygen atoms in total. The number of ether oxygens (including phenoxy) is 2. The Labute approximate surface area is 120 Å². The number of nitrogens with two attached hydrogens (primary N) is 1. The first-order valence-electron chi connectivity index (χ1n) is 6.90. The topological polar surface area (TPSA) is 90.6 Å². The zero-order valence-corrected chi connectivity index (χ0v) is 12.8. The Morgan fingerprint density at radius 3 is 2.50 bits per heavy atom. The second kappa shape index (κ2) is 6.43. The third-order valence-electron chi connectivity index (χ3n) is 3.85. The number of carbonyl (C=O) groups excluding carboxylic acids is 2. The number of rotatable bonds is 4. The van der Waals surface area contributed by atoms with E-state index in [2.05, 4.69) is 30.8 Å². The fourth-order valence-electron chi connectivity index (χ4n) is 3.49. The molecule has 0 aromatic heterocycles.